The Bertz CT molecular complexity index is 445. The first-order valence-corrected chi connectivity index (χ1v) is 7.23. The van der Waals surface area contributed by atoms with E-state index in [1.807, 2.05) is 11.8 Å². The second-order valence-electron chi connectivity index (χ2n) is 4.98. The van der Waals surface area contributed by atoms with E-state index >= 15 is 0 Å². The molecule has 0 aromatic carbocycles. The minimum atomic E-state index is -0.641. The van der Waals surface area contributed by atoms with E-state index in [0.717, 1.165) is 45.2 Å². The standard InChI is InChI=1S/C14H22F2N4/c1-3-5-19-6-8-20(9-7-19)14-12(16)10-11(15)13(18-14)17-4-2/h10H,3-9H2,1-2H3,(H,17,18). The van der Waals surface area contributed by atoms with E-state index in [2.05, 4.69) is 22.1 Å². The molecule has 1 aromatic heterocycles. The minimum Gasteiger partial charge on any atom is -0.368 e. The summed E-state index contributed by atoms with van der Waals surface area (Å²) in [5.74, 6) is -0.857. The largest absolute Gasteiger partial charge is 0.368 e. The number of rotatable bonds is 5. The summed E-state index contributed by atoms with van der Waals surface area (Å²) in [6.45, 7) is 8.85. The van der Waals surface area contributed by atoms with Gasteiger partial charge in [0.05, 0.1) is 0 Å². The van der Waals surface area contributed by atoms with Gasteiger partial charge in [-0.25, -0.2) is 13.8 Å². The van der Waals surface area contributed by atoms with Crippen LogP contribution in [-0.2, 0) is 0 Å². The SMILES string of the molecule is CCCN1CCN(c2nc(NCC)c(F)cc2F)CC1. The van der Waals surface area contributed by atoms with Crippen molar-refractivity contribution in [1.29, 1.82) is 0 Å². The van der Waals surface area contributed by atoms with E-state index in [-0.39, 0.29) is 11.6 Å². The van der Waals surface area contributed by atoms with Crippen LogP contribution in [-0.4, -0.2) is 49.2 Å². The van der Waals surface area contributed by atoms with Crippen LogP contribution in [0.3, 0.4) is 0 Å². The van der Waals surface area contributed by atoms with Gasteiger partial charge >= 0.3 is 0 Å². The quantitative estimate of drug-likeness (QED) is 0.899. The molecule has 0 atom stereocenters. The zero-order valence-corrected chi connectivity index (χ0v) is 12.1. The molecule has 1 saturated heterocycles. The molecule has 1 fully saturated rings. The first-order valence-electron chi connectivity index (χ1n) is 7.23. The summed E-state index contributed by atoms with van der Waals surface area (Å²) in [4.78, 5) is 8.34. The van der Waals surface area contributed by atoms with Gasteiger partial charge < -0.3 is 10.2 Å². The van der Waals surface area contributed by atoms with Gasteiger partial charge in [0, 0.05) is 38.8 Å². The van der Waals surface area contributed by atoms with Gasteiger partial charge in [0.2, 0.25) is 0 Å². The molecule has 0 amide bonds. The number of nitrogens with zero attached hydrogens (tertiary/aromatic N) is 3. The maximum absolute atomic E-state index is 13.9. The Labute approximate surface area is 118 Å². The molecule has 1 N–H and O–H groups in total. The van der Waals surface area contributed by atoms with Crippen LogP contribution in [0.15, 0.2) is 6.07 Å². The topological polar surface area (TPSA) is 31.4 Å². The summed E-state index contributed by atoms with van der Waals surface area (Å²) in [5, 5.41) is 2.82. The molecular formula is C14H22F2N4. The van der Waals surface area contributed by atoms with Gasteiger partial charge in [-0.15, -0.1) is 0 Å². The summed E-state index contributed by atoms with van der Waals surface area (Å²) < 4.78 is 27.5. The van der Waals surface area contributed by atoms with Gasteiger partial charge in [-0.2, -0.15) is 0 Å². The Balaban J connectivity index is 2.11. The van der Waals surface area contributed by atoms with Crippen molar-refractivity contribution in [2.24, 2.45) is 0 Å². The molecule has 1 aliphatic rings. The van der Waals surface area contributed by atoms with E-state index < -0.39 is 11.6 Å². The third-order valence-electron chi connectivity index (χ3n) is 3.47. The van der Waals surface area contributed by atoms with Crippen LogP contribution in [0.25, 0.3) is 0 Å². The van der Waals surface area contributed by atoms with Crippen molar-refractivity contribution in [1.82, 2.24) is 9.88 Å². The van der Waals surface area contributed by atoms with Gasteiger partial charge in [-0.1, -0.05) is 6.92 Å². The molecule has 6 heteroatoms. The summed E-state index contributed by atoms with van der Waals surface area (Å²) >= 11 is 0. The van der Waals surface area contributed by atoms with Crippen LogP contribution >= 0.6 is 0 Å². The van der Waals surface area contributed by atoms with Crippen molar-refractivity contribution in [3.05, 3.63) is 17.7 Å². The lowest BCUT2D eigenvalue weighted by Gasteiger charge is -2.35. The first-order chi connectivity index (χ1) is 9.65. The van der Waals surface area contributed by atoms with Crippen molar-refractivity contribution in [3.63, 3.8) is 0 Å². The average molecular weight is 284 g/mol. The van der Waals surface area contributed by atoms with E-state index in [0.29, 0.717) is 6.54 Å². The second kappa shape index (κ2) is 6.83. The van der Waals surface area contributed by atoms with E-state index in [1.165, 1.54) is 0 Å². The first kappa shape index (κ1) is 15.0. The molecule has 20 heavy (non-hydrogen) atoms. The van der Waals surface area contributed by atoms with Crippen LogP contribution in [0.1, 0.15) is 20.3 Å². The Morgan fingerprint density at radius 2 is 1.85 bits per heavy atom. The molecule has 1 aromatic rings. The summed E-state index contributed by atoms with van der Waals surface area (Å²) in [6.07, 6.45) is 1.12. The van der Waals surface area contributed by atoms with Crippen molar-refractivity contribution in [3.8, 4) is 0 Å². The van der Waals surface area contributed by atoms with Gasteiger partial charge in [0.15, 0.2) is 23.3 Å². The fourth-order valence-electron chi connectivity index (χ4n) is 2.47. The summed E-state index contributed by atoms with van der Waals surface area (Å²) in [7, 11) is 0. The molecule has 0 aliphatic carbocycles. The van der Waals surface area contributed by atoms with Gasteiger partial charge in [-0.05, 0) is 19.9 Å². The zero-order valence-electron chi connectivity index (χ0n) is 12.1. The number of nitrogens with one attached hydrogen (secondary N) is 1. The van der Waals surface area contributed by atoms with Gasteiger partial charge in [-0.3, -0.25) is 4.90 Å². The van der Waals surface area contributed by atoms with Crippen molar-refractivity contribution >= 4 is 11.6 Å². The lowest BCUT2D eigenvalue weighted by Crippen LogP contribution is -2.47. The number of hydrogen-bond acceptors (Lipinski definition) is 4. The lowest BCUT2D eigenvalue weighted by molar-refractivity contribution is 0.257. The van der Waals surface area contributed by atoms with E-state index in [9.17, 15) is 8.78 Å². The predicted molar refractivity (Wildman–Crippen MR) is 77.3 cm³/mol. The minimum absolute atomic E-state index is 0.125. The molecule has 0 radical (unpaired) electrons. The monoisotopic (exact) mass is 284 g/mol. The highest BCUT2D eigenvalue weighted by Gasteiger charge is 2.21. The van der Waals surface area contributed by atoms with Gasteiger partial charge in [0.1, 0.15) is 0 Å². The number of halogens is 2. The van der Waals surface area contributed by atoms with Crippen molar-refractivity contribution in [2.75, 3.05) is 49.5 Å². The van der Waals surface area contributed by atoms with Crippen LogP contribution in [0, 0.1) is 11.6 Å². The lowest BCUT2D eigenvalue weighted by atomic mass is 10.2. The molecule has 4 nitrogen and oxygen atoms in total. The molecular weight excluding hydrogens is 262 g/mol. The van der Waals surface area contributed by atoms with Gasteiger partial charge in [0.25, 0.3) is 0 Å². The van der Waals surface area contributed by atoms with Crippen LogP contribution in [0.2, 0.25) is 0 Å². The van der Waals surface area contributed by atoms with Crippen molar-refractivity contribution in [2.45, 2.75) is 20.3 Å². The number of aromatic nitrogens is 1. The van der Waals surface area contributed by atoms with Crippen molar-refractivity contribution < 1.29 is 8.78 Å². The number of piperazine rings is 1. The highest BCUT2D eigenvalue weighted by atomic mass is 19.1. The van der Waals surface area contributed by atoms with Crippen LogP contribution in [0.4, 0.5) is 20.4 Å². The summed E-state index contributed by atoms with van der Waals surface area (Å²) in [5.41, 5.74) is 0. The maximum atomic E-state index is 13.9. The highest BCUT2D eigenvalue weighted by molar-refractivity contribution is 5.49. The maximum Gasteiger partial charge on any atom is 0.168 e. The zero-order chi connectivity index (χ0) is 14.5. The highest BCUT2D eigenvalue weighted by Crippen LogP contribution is 2.23. The Kier molecular flexibility index (Phi) is 5.11. The molecule has 112 valence electrons. The van der Waals surface area contributed by atoms with E-state index in [1.54, 1.807) is 0 Å². The number of pyridine rings is 1. The molecule has 0 spiro atoms. The number of anilines is 2. The molecule has 0 saturated carbocycles. The molecule has 2 rings (SSSR count). The van der Waals surface area contributed by atoms with Crippen LogP contribution in [0.5, 0.6) is 0 Å². The number of hydrogen-bond donors (Lipinski definition) is 1. The molecule has 2 heterocycles. The second-order valence-corrected chi connectivity index (χ2v) is 4.98. The third-order valence-corrected chi connectivity index (χ3v) is 3.47. The fraction of sp³-hybridized carbons (Fsp3) is 0.643. The predicted octanol–water partition coefficient (Wildman–Crippen LogP) is 2.32. The molecule has 0 unspecified atom stereocenters. The van der Waals surface area contributed by atoms with E-state index in [4.69, 9.17) is 0 Å². The Morgan fingerprint density at radius 1 is 1.15 bits per heavy atom. The smallest absolute Gasteiger partial charge is 0.168 e. The molecule has 1 aliphatic heterocycles. The Hall–Kier alpha value is -1.43. The summed E-state index contributed by atoms with van der Waals surface area (Å²) in [6, 6.07) is 0.915. The average Bonchev–Trinajstić information content (AvgIpc) is 2.43. The molecule has 0 bridgehead atoms. The fourth-order valence-corrected chi connectivity index (χ4v) is 2.47. The normalized spacial score (nSPS) is 16.5. The Morgan fingerprint density at radius 3 is 2.45 bits per heavy atom. The van der Waals surface area contributed by atoms with Crippen LogP contribution < -0.4 is 10.2 Å². The third kappa shape index (κ3) is 3.36.